The van der Waals surface area contributed by atoms with Crippen molar-refractivity contribution < 1.29 is 27.5 Å². The molecular weight excluding hydrogens is 482 g/mol. The van der Waals surface area contributed by atoms with E-state index in [1.54, 1.807) is 30.0 Å². The van der Waals surface area contributed by atoms with Crippen LogP contribution in [0, 0.1) is 5.92 Å². The lowest BCUT2D eigenvalue weighted by atomic mass is 10.1. The van der Waals surface area contributed by atoms with E-state index in [1.807, 2.05) is 44.2 Å². The molecule has 0 fully saturated rings. The first-order valence-corrected chi connectivity index (χ1v) is 13.9. The fraction of sp³-hybridized carbons (Fsp3) is 0.462. The number of ether oxygens (including phenoxy) is 2. The zero-order valence-corrected chi connectivity index (χ0v) is 22.1. The molecule has 0 radical (unpaired) electrons. The Hall–Kier alpha value is -3.27. The molecular formula is C26H35N3O6S. The van der Waals surface area contributed by atoms with Crippen molar-refractivity contribution in [2.75, 3.05) is 30.4 Å². The Bertz CT molecular complexity index is 1150. The van der Waals surface area contributed by atoms with Crippen LogP contribution in [0.5, 0.6) is 11.5 Å². The van der Waals surface area contributed by atoms with Gasteiger partial charge in [0.1, 0.15) is 6.04 Å². The van der Waals surface area contributed by atoms with Gasteiger partial charge in [0.05, 0.1) is 11.9 Å². The number of rotatable bonds is 12. The number of carbonyl (C=O) groups is 2. The molecule has 2 aromatic carbocycles. The van der Waals surface area contributed by atoms with Gasteiger partial charge in [-0.3, -0.25) is 13.9 Å². The third-order valence-corrected chi connectivity index (χ3v) is 7.04. The lowest BCUT2D eigenvalue weighted by Crippen LogP contribution is -2.48. The molecule has 1 atom stereocenters. The van der Waals surface area contributed by atoms with E-state index in [-0.39, 0.29) is 50.5 Å². The highest BCUT2D eigenvalue weighted by atomic mass is 32.2. The summed E-state index contributed by atoms with van der Waals surface area (Å²) in [5.41, 5.74) is 1.35. The van der Waals surface area contributed by atoms with Crippen LogP contribution in [0.4, 0.5) is 5.69 Å². The summed E-state index contributed by atoms with van der Waals surface area (Å²) < 4.78 is 37.0. The second-order valence-electron chi connectivity index (χ2n) is 9.30. The monoisotopic (exact) mass is 517 g/mol. The second kappa shape index (κ2) is 12.1. The van der Waals surface area contributed by atoms with Gasteiger partial charge >= 0.3 is 0 Å². The molecule has 1 aliphatic heterocycles. The number of amides is 2. The van der Waals surface area contributed by atoms with Gasteiger partial charge in [0.15, 0.2) is 11.5 Å². The van der Waals surface area contributed by atoms with Gasteiger partial charge in [0, 0.05) is 32.1 Å². The van der Waals surface area contributed by atoms with E-state index in [0.29, 0.717) is 23.7 Å². The average molecular weight is 518 g/mol. The Kier molecular flexibility index (Phi) is 9.19. The van der Waals surface area contributed by atoms with Crippen molar-refractivity contribution in [3.05, 3.63) is 54.1 Å². The quantitative estimate of drug-likeness (QED) is 0.464. The maximum Gasteiger partial charge on any atom is 0.242 e. The Morgan fingerprint density at radius 3 is 2.39 bits per heavy atom. The first-order chi connectivity index (χ1) is 17.1. The average Bonchev–Trinajstić information content (AvgIpc) is 3.31. The predicted octanol–water partition coefficient (Wildman–Crippen LogP) is 3.15. The molecule has 1 aliphatic rings. The number of hydrogen-bond acceptors (Lipinski definition) is 6. The molecule has 0 aromatic heterocycles. The summed E-state index contributed by atoms with van der Waals surface area (Å²) in [6.07, 6.45) is 1.50. The molecule has 1 N–H and O–H groups in total. The van der Waals surface area contributed by atoms with Crippen LogP contribution in [-0.2, 0) is 26.2 Å². The van der Waals surface area contributed by atoms with E-state index in [9.17, 15) is 18.0 Å². The summed E-state index contributed by atoms with van der Waals surface area (Å²) in [6.45, 7) is 6.73. The Morgan fingerprint density at radius 1 is 1.03 bits per heavy atom. The van der Waals surface area contributed by atoms with Gasteiger partial charge in [-0.05, 0) is 37.0 Å². The number of hydrogen-bond donors (Lipinski definition) is 1. The van der Waals surface area contributed by atoms with Gasteiger partial charge in [0.25, 0.3) is 0 Å². The van der Waals surface area contributed by atoms with Crippen molar-refractivity contribution in [3.8, 4) is 11.5 Å². The minimum Gasteiger partial charge on any atom is -0.454 e. The fourth-order valence-corrected chi connectivity index (χ4v) is 4.82. The van der Waals surface area contributed by atoms with Crippen LogP contribution in [0.3, 0.4) is 0 Å². The molecule has 3 rings (SSSR count). The van der Waals surface area contributed by atoms with Gasteiger partial charge in [-0.15, -0.1) is 0 Å². The Balaban J connectivity index is 1.70. The fourth-order valence-electron chi connectivity index (χ4n) is 3.86. The zero-order valence-electron chi connectivity index (χ0n) is 21.3. The third kappa shape index (κ3) is 7.36. The number of fused-ring (bicyclic) bond motifs is 1. The van der Waals surface area contributed by atoms with Crippen LogP contribution in [0.1, 0.15) is 39.2 Å². The highest BCUT2D eigenvalue weighted by molar-refractivity contribution is 7.92. The summed E-state index contributed by atoms with van der Waals surface area (Å²) in [7, 11) is -3.60. The van der Waals surface area contributed by atoms with Crippen molar-refractivity contribution in [1.82, 2.24) is 10.2 Å². The summed E-state index contributed by atoms with van der Waals surface area (Å²) in [6, 6.07) is 13.7. The molecule has 9 nitrogen and oxygen atoms in total. The molecule has 1 heterocycles. The minimum absolute atomic E-state index is 0.0885. The molecule has 10 heteroatoms. The maximum absolute atomic E-state index is 13.3. The van der Waals surface area contributed by atoms with Gasteiger partial charge in [-0.1, -0.05) is 44.2 Å². The lowest BCUT2D eigenvalue weighted by Gasteiger charge is -2.29. The van der Waals surface area contributed by atoms with E-state index in [4.69, 9.17) is 9.47 Å². The molecule has 36 heavy (non-hydrogen) atoms. The van der Waals surface area contributed by atoms with Gasteiger partial charge in [-0.2, -0.15) is 0 Å². The maximum atomic E-state index is 13.3. The summed E-state index contributed by atoms with van der Waals surface area (Å²) in [5.74, 6) is 0.894. The Morgan fingerprint density at radius 2 is 1.72 bits per heavy atom. The molecule has 196 valence electrons. The summed E-state index contributed by atoms with van der Waals surface area (Å²) >= 11 is 0. The van der Waals surface area contributed by atoms with Crippen molar-refractivity contribution in [3.63, 3.8) is 0 Å². The van der Waals surface area contributed by atoms with Gasteiger partial charge < -0.3 is 19.7 Å². The molecule has 2 aromatic rings. The topological polar surface area (TPSA) is 105 Å². The minimum atomic E-state index is -3.60. The molecule has 0 saturated heterocycles. The first-order valence-electron chi connectivity index (χ1n) is 12.0. The second-order valence-corrected chi connectivity index (χ2v) is 11.2. The van der Waals surface area contributed by atoms with Gasteiger partial charge in [0.2, 0.25) is 28.6 Å². The molecule has 2 amide bonds. The van der Waals surface area contributed by atoms with Crippen molar-refractivity contribution in [2.45, 2.75) is 46.2 Å². The number of sulfonamides is 1. The first kappa shape index (κ1) is 27.3. The normalized spacial score (nSPS) is 13.4. The van der Waals surface area contributed by atoms with Crippen molar-refractivity contribution >= 4 is 27.5 Å². The highest BCUT2D eigenvalue weighted by Gasteiger charge is 2.27. The summed E-state index contributed by atoms with van der Waals surface area (Å²) in [5, 5.41) is 2.90. The largest absolute Gasteiger partial charge is 0.454 e. The zero-order chi connectivity index (χ0) is 26.3. The Labute approximate surface area is 213 Å². The predicted molar refractivity (Wildman–Crippen MR) is 138 cm³/mol. The van der Waals surface area contributed by atoms with Crippen LogP contribution in [0.15, 0.2) is 48.5 Å². The van der Waals surface area contributed by atoms with E-state index in [0.717, 1.165) is 11.8 Å². The van der Waals surface area contributed by atoms with Crippen LogP contribution >= 0.6 is 0 Å². The number of nitrogens with zero attached hydrogens (tertiary/aromatic N) is 2. The SMILES string of the molecule is CC(C)CNC(=O)C(C)N(Cc1ccccc1)C(=O)CCCN(c1ccc2c(c1)OCO2)S(C)(=O)=O. The number of carbonyl (C=O) groups excluding carboxylic acids is 2. The smallest absolute Gasteiger partial charge is 0.242 e. The highest BCUT2D eigenvalue weighted by Crippen LogP contribution is 2.36. The molecule has 1 unspecified atom stereocenters. The standard InChI is InChI=1S/C26H35N3O6S/c1-19(2)16-27-26(31)20(3)28(17-21-9-6-5-7-10-21)25(30)11-8-14-29(36(4,32)33)22-12-13-23-24(15-22)35-18-34-23/h5-7,9-10,12-13,15,19-20H,8,11,14,16-18H2,1-4H3,(H,27,31). The molecule has 0 bridgehead atoms. The lowest BCUT2D eigenvalue weighted by molar-refractivity contribution is -0.140. The molecule has 0 spiro atoms. The van der Waals surface area contributed by atoms with E-state index in [2.05, 4.69) is 5.32 Å². The summed E-state index contributed by atoms with van der Waals surface area (Å²) in [4.78, 5) is 27.6. The van der Waals surface area contributed by atoms with E-state index >= 15 is 0 Å². The molecule has 0 saturated carbocycles. The van der Waals surface area contributed by atoms with Gasteiger partial charge in [-0.25, -0.2) is 8.42 Å². The van der Waals surface area contributed by atoms with Crippen LogP contribution in [-0.4, -0.2) is 57.3 Å². The van der Waals surface area contributed by atoms with E-state index < -0.39 is 16.1 Å². The van der Waals surface area contributed by atoms with Crippen LogP contribution < -0.4 is 19.1 Å². The number of benzene rings is 2. The van der Waals surface area contributed by atoms with Crippen LogP contribution in [0.2, 0.25) is 0 Å². The number of nitrogens with one attached hydrogen (secondary N) is 1. The van der Waals surface area contributed by atoms with Crippen LogP contribution in [0.25, 0.3) is 0 Å². The molecule has 0 aliphatic carbocycles. The van der Waals surface area contributed by atoms with Crippen molar-refractivity contribution in [1.29, 1.82) is 0 Å². The van der Waals surface area contributed by atoms with Crippen molar-refractivity contribution in [2.24, 2.45) is 5.92 Å². The third-order valence-electron chi connectivity index (χ3n) is 5.84. The van der Waals surface area contributed by atoms with E-state index in [1.165, 1.54) is 4.31 Å². The number of anilines is 1.